The van der Waals surface area contributed by atoms with E-state index >= 15 is 0 Å². The molecule has 1 aliphatic heterocycles. The Morgan fingerprint density at radius 1 is 1.36 bits per heavy atom. The third-order valence-corrected chi connectivity index (χ3v) is 3.23. The average molecular weight is 300 g/mol. The number of para-hydroxylation sites is 1. The number of carbonyl (C=O) groups is 1. The molecular weight excluding hydrogens is 280 g/mol. The molecule has 1 fully saturated rings. The van der Waals surface area contributed by atoms with Gasteiger partial charge in [0.2, 0.25) is 0 Å². The molecule has 0 radical (unpaired) electrons. The molecule has 116 valence electrons. The molecule has 1 heterocycles. The Morgan fingerprint density at radius 3 is 2.68 bits per heavy atom. The highest BCUT2D eigenvalue weighted by molar-refractivity contribution is 6.02. The largest absolute Gasteiger partial charge is 0.490 e. The number of hydrogen-bond acceptors (Lipinski definition) is 4. The van der Waals surface area contributed by atoms with Gasteiger partial charge in [-0.1, -0.05) is 18.2 Å². The minimum atomic E-state index is -0.259. The molecule has 5 heteroatoms. The van der Waals surface area contributed by atoms with Crippen LogP contribution in [0.2, 0.25) is 0 Å². The molecule has 0 aliphatic carbocycles. The smallest absolute Gasteiger partial charge is 0.264 e. The highest BCUT2D eigenvalue weighted by Crippen LogP contribution is 2.22. The zero-order valence-electron chi connectivity index (χ0n) is 12.9. The lowest BCUT2D eigenvalue weighted by molar-refractivity contribution is -0.130. The average Bonchev–Trinajstić information content (AvgIpc) is 2.53. The standard InChI is InChI=1S/C17H20N2O3/c1-13(2)22-16-6-4-3-5-14(16)11-15(12-18)17(20)19-7-9-21-10-8-19/h3-6,11,13H,7-10H2,1-2H3/b15-11+. The molecule has 0 aromatic heterocycles. The lowest BCUT2D eigenvalue weighted by Crippen LogP contribution is -2.41. The van der Waals surface area contributed by atoms with E-state index in [0.717, 1.165) is 5.56 Å². The van der Waals surface area contributed by atoms with Crippen molar-refractivity contribution in [2.45, 2.75) is 20.0 Å². The molecule has 1 aliphatic rings. The van der Waals surface area contributed by atoms with Crippen LogP contribution >= 0.6 is 0 Å². The highest BCUT2D eigenvalue weighted by Gasteiger charge is 2.21. The summed E-state index contributed by atoms with van der Waals surface area (Å²) in [5, 5.41) is 9.32. The molecule has 1 aromatic carbocycles. The number of amides is 1. The van der Waals surface area contributed by atoms with Gasteiger partial charge in [0.05, 0.1) is 19.3 Å². The van der Waals surface area contributed by atoms with Gasteiger partial charge >= 0.3 is 0 Å². The summed E-state index contributed by atoms with van der Waals surface area (Å²) in [4.78, 5) is 14.0. The second-order valence-corrected chi connectivity index (χ2v) is 5.28. The number of nitriles is 1. The van der Waals surface area contributed by atoms with Gasteiger partial charge in [-0.25, -0.2) is 0 Å². The van der Waals surface area contributed by atoms with E-state index < -0.39 is 0 Å². The Labute approximate surface area is 130 Å². The minimum absolute atomic E-state index is 0.0232. The summed E-state index contributed by atoms with van der Waals surface area (Å²) in [6.45, 7) is 5.92. The fourth-order valence-electron chi connectivity index (χ4n) is 2.20. The quantitative estimate of drug-likeness (QED) is 0.632. The predicted octanol–water partition coefficient (Wildman–Crippen LogP) is 2.24. The first-order valence-corrected chi connectivity index (χ1v) is 7.36. The number of benzene rings is 1. The molecule has 1 saturated heterocycles. The molecular formula is C17H20N2O3. The Balaban J connectivity index is 2.25. The van der Waals surface area contributed by atoms with Crippen LogP contribution < -0.4 is 4.74 Å². The van der Waals surface area contributed by atoms with Crippen LogP contribution in [0.3, 0.4) is 0 Å². The van der Waals surface area contributed by atoms with Crippen LogP contribution in [-0.4, -0.2) is 43.2 Å². The van der Waals surface area contributed by atoms with Crippen molar-refractivity contribution in [3.8, 4) is 11.8 Å². The first kappa shape index (κ1) is 16.1. The predicted molar refractivity (Wildman–Crippen MR) is 83.2 cm³/mol. The fraction of sp³-hybridized carbons (Fsp3) is 0.412. The van der Waals surface area contributed by atoms with E-state index in [1.807, 2.05) is 44.2 Å². The Morgan fingerprint density at radius 2 is 2.05 bits per heavy atom. The van der Waals surface area contributed by atoms with E-state index in [0.29, 0.717) is 32.1 Å². The molecule has 22 heavy (non-hydrogen) atoms. The van der Waals surface area contributed by atoms with Crippen molar-refractivity contribution in [3.05, 3.63) is 35.4 Å². The molecule has 1 aromatic rings. The maximum atomic E-state index is 12.4. The third kappa shape index (κ3) is 4.09. The monoisotopic (exact) mass is 300 g/mol. The highest BCUT2D eigenvalue weighted by atomic mass is 16.5. The summed E-state index contributed by atoms with van der Waals surface area (Å²) in [6.07, 6.45) is 1.62. The summed E-state index contributed by atoms with van der Waals surface area (Å²) < 4.78 is 10.9. The summed E-state index contributed by atoms with van der Waals surface area (Å²) in [5.41, 5.74) is 0.844. The van der Waals surface area contributed by atoms with E-state index in [1.54, 1.807) is 11.0 Å². The Kier molecular flexibility index (Phi) is 5.56. The van der Waals surface area contributed by atoms with Gasteiger partial charge in [-0.15, -0.1) is 0 Å². The number of morpholine rings is 1. The van der Waals surface area contributed by atoms with Gasteiger partial charge in [-0.2, -0.15) is 5.26 Å². The number of nitrogens with zero attached hydrogens (tertiary/aromatic N) is 2. The van der Waals surface area contributed by atoms with Gasteiger partial charge in [0.15, 0.2) is 0 Å². The molecule has 0 N–H and O–H groups in total. The SMILES string of the molecule is CC(C)Oc1ccccc1/C=C(\C#N)C(=O)N1CCOCC1. The number of ether oxygens (including phenoxy) is 2. The normalized spacial score (nSPS) is 15.5. The van der Waals surface area contributed by atoms with Crippen LogP contribution in [-0.2, 0) is 9.53 Å². The van der Waals surface area contributed by atoms with E-state index in [4.69, 9.17) is 9.47 Å². The Hall–Kier alpha value is -2.32. The van der Waals surface area contributed by atoms with E-state index in [-0.39, 0.29) is 17.6 Å². The third-order valence-electron chi connectivity index (χ3n) is 3.23. The summed E-state index contributed by atoms with van der Waals surface area (Å²) in [5.74, 6) is 0.408. The van der Waals surface area contributed by atoms with Crippen molar-refractivity contribution in [2.75, 3.05) is 26.3 Å². The second-order valence-electron chi connectivity index (χ2n) is 5.28. The summed E-state index contributed by atoms with van der Waals surface area (Å²) in [6, 6.07) is 9.39. The number of hydrogen-bond donors (Lipinski definition) is 0. The van der Waals surface area contributed by atoms with Crippen molar-refractivity contribution < 1.29 is 14.3 Å². The van der Waals surface area contributed by atoms with Crippen LogP contribution in [0.25, 0.3) is 6.08 Å². The molecule has 0 bridgehead atoms. The van der Waals surface area contributed by atoms with Gasteiger partial charge in [0.25, 0.3) is 5.91 Å². The molecule has 0 spiro atoms. The van der Waals surface area contributed by atoms with E-state index in [1.165, 1.54) is 0 Å². The topological polar surface area (TPSA) is 62.6 Å². The fourth-order valence-corrected chi connectivity index (χ4v) is 2.20. The zero-order valence-corrected chi connectivity index (χ0v) is 12.9. The first-order valence-electron chi connectivity index (χ1n) is 7.36. The van der Waals surface area contributed by atoms with Crippen LogP contribution in [0.4, 0.5) is 0 Å². The molecule has 0 atom stereocenters. The Bertz CT molecular complexity index is 596. The van der Waals surface area contributed by atoms with Crippen molar-refractivity contribution >= 4 is 12.0 Å². The first-order chi connectivity index (χ1) is 10.6. The zero-order chi connectivity index (χ0) is 15.9. The second kappa shape index (κ2) is 7.62. The van der Waals surface area contributed by atoms with Crippen molar-refractivity contribution in [3.63, 3.8) is 0 Å². The van der Waals surface area contributed by atoms with Crippen LogP contribution in [0.1, 0.15) is 19.4 Å². The minimum Gasteiger partial charge on any atom is -0.490 e. The molecule has 2 rings (SSSR count). The molecule has 0 saturated carbocycles. The molecule has 1 amide bonds. The summed E-state index contributed by atoms with van der Waals surface area (Å²) >= 11 is 0. The van der Waals surface area contributed by atoms with Gasteiger partial charge in [0, 0.05) is 18.7 Å². The van der Waals surface area contributed by atoms with E-state index in [9.17, 15) is 10.1 Å². The summed E-state index contributed by atoms with van der Waals surface area (Å²) in [7, 11) is 0. The van der Waals surface area contributed by atoms with Crippen molar-refractivity contribution in [1.29, 1.82) is 5.26 Å². The maximum absolute atomic E-state index is 12.4. The van der Waals surface area contributed by atoms with Crippen molar-refractivity contribution in [2.24, 2.45) is 0 Å². The number of carbonyl (C=O) groups excluding carboxylic acids is 1. The van der Waals surface area contributed by atoms with Crippen LogP contribution in [0, 0.1) is 11.3 Å². The van der Waals surface area contributed by atoms with Gasteiger partial charge in [0.1, 0.15) is 17.4 Å². The lowest BCUT2D eigenvalue weighted by Gasteiger charge is -2.26. The van der Waals surface area contributed by atoms with E-state index in [2.05, 4.69) is 0 Å². The van der Waals surface area contributed by atoms with Gasteiger partial charge in [-0.05, 0) is 26.0 Å². The number of rotatable bonds is 4. The van der Waals surface area contributed by atoms with Crippen LogP contribution in [0.5, 0.6) is 5.75 Å². The van der Waals surface area contributed by atoms with Gasteiger partial charge in [-0.3, -0.25) is 4.79 Å². The van der Waals surface area contributed by atoms with Crippen molar-refractivity contribution in [1.82, 2.24) is 4.90 Å². The molecule has 5 nitrogen and oxygen atoms in total. The van der Waals surface area contributed by atoms with Crippen LogP contribution in [0.15, 0.2) is 29.8 Å². The molecule has 0 unspecified atom stereocenters. The van der Waals surface area contributed by atoms with Gasteiger partial charge < -0.3 is 14.4 Å². The maximum Gasteiger partial charge on any atom is 0.264 e. The lowest BCUT2D eigenvalue weighted by atomic mass is 10.1.